The quantitative estimate of drug-likeness (QED) is 0.819. The predicted octanol–water partition coefficient (Wildman–Crippen LogP) is 2.13. The van der Waals surface area contributed by atoms with E-state index in [9.17, 15) is 0 Å². The van der Waals surface area contributed by atoms with Crippen molar-refractivity contribution in [2.75, 3.05) is 19.6 Å². The zero-order valence-corrected chi connectivity index (χ0v) is 12.4. The summed E-state index contributed by atoms with van der Waals surface area (Å²) in [4.78, 5) is 6.77. The van der Waals surface area contributed by atoms with E-state index >= 15 is 0 Å². The van der Waals surface area contributed by atoms with Crippen molar-refractivity contribution in [1.82, 2.24) is 19.8 Å². The van der Waals surface area contributed by atoms with Crippen molar-refractivity contribution in [3.05, 3.63) is 18.7 Å². The van der Waals surface area contributed by atoms with Crippen LogP contribution in [0.25, 0.3) is 0 Å². The molecule has 1 fully saturated rings. The summed E-state index contributed by atoms with van der Waals surface area (Å²) in [5.41, 5.74) is 0. The standard InChI is InChI=1S/C15H28N4/c1-14(2)17-12-15-6-3-4-9-19(15)10-5-8-18-11-7-16-13-18/h7,11,13-15,17H,3-6,8-10,12H2,1-2H3. The summed E-state index contributed by atoms with van der Waals surface area (Å²) in [6.07, 6.45) is 11.1. The van der Waals surface area contributed by atoms with Gasteiger partial charge in [-0.2, -0.15) is 0 Å². The monoisotopic (exact) mass is 264 g/mol. The van der Waals surface area contributed by atoms with Gasteiger partial charge in [0, 0.05) is 44.1 Å². The Balaban J connectivity index is 1.72. The number of aryl methyl sites for hydroxylation is 1. The summed E-state index contributed by atoms with van der Waals surface area (Å²) in [7, 11) is 0. The van der Waals surface area contributed by atoms with Crippen LogP contribution in [0.15, 0.2) is 18.7 Å². The molecule has 1 saturated heterocycles. The first-order valence-corrected chi connectivity index (χ1v) is 7.69. The van der Waals surface area contributed by atoms with Crippen molar-refractivity contribution in [2.24, 2.45) is 0 Å². The summed E-state index contributed by atoms with van der Waals surface area (Å²) >= 11 is 0. The van der Waals surface area contributed by atoms with E-state index < -0.39 is 0 Å². The van der Waals surface area contributed by atoms with Crippen molar-refractivity contribution in [2.45, 2.75) is 58.2 Å². The summed E-state index contributed by atoms with van der Waals surface area (Å²) in [5.74, 6) is 0. The van der Waals surface area contributed by atoms with Gasteiger partial charge >= 0.3 is 0 Å². The molecule has 0 radical (unpaired) electrons. The second kappa shape index (κ2) is 7.65. The molecule has 0 aromatic carbocycles. The molecule has 2 heterocycles. The number of aromatic nitrogens is 2. The predicted molar refractivity (Wildman–Crippen MR) is 79.2 cm³/mol. The Kier molecular flexibility index (Phi) is 5.86. The lowest BCUT2D eigenvalue weighted by molar-refractivity contribution is 0.140. The highest BCUT2D eigenvalue weighted by Gasteiger charge is 2.21. The minimum Gasteiger partial charge on any atom is -0.337 e. The molecule has 0 spiro atoms. The van der Waals surface area contributed by atoms with Gasteiger partial charge in [0.1, 0.15) is 0 Å². The lowest BCUT2D eigenvalue weighted by Gasteiger charge is -2.36. The van der Waals surface area contributed by atoms with E-state index in [2.05, 4.69) is 33.6 Å². The fraction of sp³-hybridized carbons (Fsp3) is 0.800. The third-order valence-electron chi connectivity index (χ3n) is 3.93. The Bertz CT molecular complexity index is 334. The minimum absolute atomic E-state index is 0.592. The van der Waals surface area contributed by atoms with E-state index in [1.807, 2.05) is 18.7 Å². The number of nitrogens with one attached hydrogen (secondary N) is 1. The number of hydrogen-bond acceptors (Lipinski definition) is 3. The van der Waals surface area contributed by atoms with Crippen molar-refractivity contribution >= 4 is 0 Å². The molecular formula is C15H28N4. The molecule has 1 aliphatic rings. The molecule has 2 rings (SSSR count). The molecule has 4 nitrogen and oxygen atoms in total. The van der Waals surface area contributed by atoms with Crippen LogP contribution in [0.3, 0.4) is 0 Å². The number of nitrogens with zero attached hydrogens (tertiary/aromatic N) is 3. The number of rotatable bonds is 7. The second-order valence-electron chi connectivity index (χ2n) is 5.90. The van der Waals surface area contributed by atoms with Crippen LogP contribution in [0.4, 0.5) is 0 Å². The number of imidazole rings is 1. The van der Waals surface area contributed by atoms with E-state index in [-0.39, 0.29) is 0 Å². The van der Waals surface area contributed by atoms with Crippen LogP contribution in [-0.2, 0) is 6.54 Å². The van der Waals surface area contributed by atoms with Gasteiger partial charge in [-0.1, -0.05) is 20.3 Å². The third kappa shape index (κ3) is 4.96. The van der Waals surface area contributed by atoms with Gasteiger partial charge in [0.15, 0.2) is 0 Å². The molecule has 1 aliphatic heterocycles. The van der Waals surface area contributed by atoms with E-state index in [0.29, 0.717) is 6.04 Å². The first-order valence-electron chi connectivity index (χ1n) is 7.69. The van der Waals surface area contributed by atoms with Crippen LogP contribution < -0.4 is 5.32 Å². The molecule has 108 valence electrons. The molecule has 0 aliphatic carbocycles. The zero-order valence-electron chi connectivity index (χ0n) is 12.4. The van der Waals surface area contributed by atoms with Crippen molar-refractivity contribution in [3.63, 3.8) is 0 Å². The van der Waals surface area contributed by atoms with Crippen LogP contribution in [-0.4, -0.2) is 46.2 Å². The van der Waals surface area contributed by atoms with Crippen LogP contribution in [0.1, 0.15) is 39.5 Å². The molecule has 19 heavy (non-hydrogen) atoms. The highest BCUT2D eigenvalue weighted by Crippen LogP contribution is 2.17. The first kappa shape index (κ1) is 14.5. The highest BCUT2D eigenvalue weighted by molar-refractivity contribution is 4.80. The molecule has 0 amide bonds. The van der Waals surface area contributed by atoms with Crippen molar-refractivity contribution < 1.29 is 0 Å². The van der Waals surface area contributed by atoms with Gasteiger partial charge in [-0.3, -0.25) is 4.90 Å². The molecule has 4 heteroatoms. The Labute approximate surface area is 117 Å². The fourth-order valence-electron chi connectivity index (χ4n) is 2.83. The van der Waals surface area contributed by atoms with E-state index in [1.54, 1.807) is 0 Å². The summed E-state index contributed by atoms with van der Waals surface area (Å²) in [5, 5.41) is 3.59. The Hall–Kier alpha value is -0.870. The Morgan fingerprint density at radius 3 is 2.95 bits per heavy atom. The topological polar surface area (TPSA) is 33.1 Å². The van der Waals surface area contributed by atoms with E-state index in [4.69, 9.17) is 0 Å². The molecule has 1 aromatic heterocycles. The molecule has 1 N–H and O–H groups in total. The first-order chi connectivity index (χ1) is 9.25. The van der Waals surface area contributed by atoms with Gasteiger partial charge in [0.05, 0.1) is 6.33 Å². The van der Waals surface area contributed by atoms with Gasteiger partial charge < -0.3 is 9.88 Å². The molecule has 1 aromatic rings. The number of hydrogen-bond donors (Lipinski definition) is 1. The van der Waals surface area contributed by atoms with Crippen LogP contribution in [0.2, 0.25) is 0 Å². The average Bonchev–Trinajstić information content (AvgIpc) is 2.91. The highest BCUT2D eigenvalue weighted by atomic mass is 15.2. The minimum atomic E-state index is 0.592. The van der Waals surface area contributed by atoms with Gasteiger partial charge in [-0.15, -0.1) is 0 Å². The van der Waals surface area contributed by atoms with Crippen LogP contribution >= 0.6 is 0 Å². The molecule has 0 bridgehead atoms. The second-order valence-corrected chi connectivity index (χ2v) is 5.90. The average molecular weight is 264 g/mol. The largest absolute Gasteiger partial charge is 0.337 e. The molecule has 1 atom stereocenters. The van der Waals surface area contributed by atoms with Crippen LogP contribution in [0.5, 0.6) is 0 Å². The normalized spacial score (nSPS) is 21.1. The third-order valence-corrected chi connectivity index (χ3v) is 3.93. The van der Waals surface area contributed by atoms with Crippen molar-refractivity contribution in [1.29, 1.82) is 0 Å². The molecule has 1 unspecified atom stereocenters. The van der Waals surface area contributed by atoms with Crippen molar-refractivity contribution in [3.8, 4) is 0 Å². The zero-order chi connectivity index (χ0) is 13.5. The molecule has 0 saturated carbocycles. The molecular weight excluding hydrogens is 236 g/mol. The maximum Gasteiger partial charge on any atom is 0.0945 e. The smallest absolute Gasteiger partial charge is 0.0945 e. The lowest BCUT2D eigenvalue weighted by Crippen LogP contribution is -2.47. The number of likely N-dealkylation sites (tertiary alicyclic amines) is 1. The van der Waals surface area contributed by atoms with Gasteiger partial charge in [0.2, 0.25) is 0 Å². The van der Waals surface area contributed by atoms with Gasteiger partial charge in [-0.05, 0) is 25.8 Å². The summed E-state index contributed by atoms with van der Waals surface area (Å²) in [6, 6.07) is 1.33. The summed E-state index contributed by atoms with van der Waals surface area (Å²) in [6.45, 7) is 9.17. The van der Waals surface area contributed by atoms with Gasteiger partial charge in [-0.25, -0.2) is 4.98 Å². The van der Waals surface area contributed by atoms with E-state index in [1.165, 1.54) is 38.8 Å². The van der Waals surface area contributed by atoms with E-state index in [0.717, 1.165) is 19.1 Å². The summed E-state index contributed by atoms with van der Waals surface area (Å²) < 4.78 is 2.17. The lowest BCUT2D eigenvalue weighted by atomic mass is 10.0. The Morgan fingerprint density at radius 2 is 2.21 bits per heavy atom. The fourth-order valence-corrected chi connectivity index (χ4v) is 2.83. The van der Waals surface area contributed by atoms with Crippen LogP contribution in [0, 0.1) is 0 Å². The Morgan fingerprint density at radius 1 is 1.32 bits per heavy atom. The maximum absolute atomic E-state index is 4.09. The SMILES string of the molecule is CC(C)NCC1CCCCN1CCCn1ccnc1. The maximum atomic E-state index is 4.09. The number of piperidine rings is 1. The van der Waals surface area contributed by atoms with Gasteiger partial charge in [0.25, 0.3) is 0 Å².